The lowest BCUT2D eigenvalue weighted by Crippen LogP contribution is -2.16. The van der Waals surface area contributed by atoms with Crippen molar-refractivity contribution in [2.75, 3.05) is 13.2 Å². The Kier molecular flexibility index (Phi) is 6.53. The van der Waals surface area contributed by atoms with Gasteiger partial charge in [0.1, 0.15) is 17.1 Å². The van der Waals surface area contributed by atoms with E-state index in [4.69, 9.17) is 18.6 Å². The quantitative estimate of drug-likeness (QED) is 0.472. The van der Waals surface area contributed by atoms with Crippen molar-refractivity contribution in [2.24, 2.45) is 0 Å². The van der Waals surface area contributed by atoms with Crippen LogP contribution in [0, 0.1) is 6.92 Å². The molecular formula is C22H19F3O6. The molecule has 0 N–H and O–H groups in total. The molecule has 1 aromatic heterocycles. The summed E-state index contributed by atoms with van der Waals surface area (Å²) in [4.78, 5) is 24.3. The fourth-order valence-corrected chi connectivity index (χ4v) is 2.65. The zero-order valence-corrected chi connectivity index (χ0v) is 16.7. The van der Waals surface area contributed by atoms with E-state index in [1.54, 1.807) is 19.1 Å². The molecule has 31 heavy (non-hydrogen) atoms. The second-order valence-electron chi connectivity index (χ2n) is 6.67. The number of carbonyl (C=O) groups excluding carboxylic acids is 1. The van der Waals surface area contributed by atoms with Gasteiger partial charge in [-0.2, -0.15) is 13.2 Å². The molecule has 0 amide bonds. The van der Waals surface area contributed by atoms with Gasteiger partial charge in [0.05, 0.1) is 12.0 Å². The molecule has 2 aromatic carbocycles. The molecule has 3 rings (SSSR count). The molecule has 0 bridgehead atoms. The molecule has 0 aliphatic heterocycles. The lowest BCUT2D eigenvalue weighted by molar-refractivity contribution is -0.154. The van der Waals surface area contributed by atoms with Gasteiger partial charge < -0.3 is 18.6 Å². The number of carbonyl (C=O) groups is 1. The molecule has 1 heterocycles. The zero-order valence-electron chi connectivity index (χ0n) is 16.7. The van der Waals surface area contributed by atoms with E-state index in [0.29, 0.717) is 6.42 Å². The number of ether oxygens (including phenoxy) is 3. The highest BCUT2D eigenvalue weighted by Gasteiger charge is 2.40. The van der Waals surface area contributed by atoms with E-state index in [0.717, 1.165) is 11.6 Å². The minimum Gasteiger partial charge on any atom is -0.482 e. The van der Waals surface area contributed by atoms with Crippen LogP contribution < -0.4 is 14.9 Å². The van der Waals surface area contributed by atoms with Gasteiger partial charge in [-0.3, -0.25) is 4.79 Å². The molecule has 0 saturated carbocycles. The third kappa shape index (κ3) is 5.36. The van der Waals surface area contributed by atoms with Crippen molar-refractivity contribution in [1.29, 1.82) is 0 Å². The van der Waals surface area contributed by atoms with Gasteiger partial charge in [-0.25, -0.2) is 4.79 Å². The normalized spacial score (nSPS) is 11.4. The van der Waals surface area contributed by atoms with Crippen molar-refractivity contribution in [1.82, 2.24) is 0 Å². The predicted molar refractivity (Wildman–Crippen MR) is 105 cm³/mol. The van der Waals surface area contributed by atoms with E-state index < -0.39 is 35.7 Å². The predicted octanol–water partition coefficient (Wildman–Crippen LogP) is 5.24. The molecule has 0 fully saturated rings. The summed E-state index contributed by atoms with van der Waals surface area (Å²) in [5.41, 5.74) is -0.462. The van der Waals surface area contributed by atoms with Crippen LogP contribution in [0.15, 0.2) is 51.7 Å². The van der Waals surface area contributed by atoms with Crippen molar-refractivity contribution >= 4 is 16.9 Å². The Labute approximate surface area is 175 Å². The number of aryl methyl sites for hydroxylation is 1. The van der Waals surface area contributed by atoms with Crippen LogP contribution in [0.2, 0.25) is 0 Å². The van der Waals surface area contributed by atoms with Crippen LogP contribution in [0.4, 0.5) is 13.2 Å². The van der Waals surface area contributed by atoms with E-state index in [9.17, 15) is 22.8 Å². The van der Waals surface area contributed by atoms with E-state index in [1.807, 2.05) is 6.92 Å². The number of benzene rings is 2. The maximum Gasteiger partial charge on any atom is 0.453 e. The molecule has 0 saturated heterocycles. The number of fused-ring (bicyclic) bond motifs is 1. The van der Waals surface area contributed by atoms with Gasteiger partial charge in [0.15, 0.2) is 6.61 Å². The van der Waals surface area contributed by atoms with Gasteiger partial charge in [-0.05, 0) is 37.6 Å². The van der Waals surface area contributed by atoms with Crippen LogP contribution in [0.3, 0.4) is 0 Å². The maximum atomic E-state index is 13.6. The third-order valence-corrected chi connectivity index (χ3v) is 4.14. The third-order valence-electron chi connectivity index (χ3n) is 4.14. The Balaban J connectivity index is 1.97. The van der Waals surface area contributed by atoms with E-state index in [-0.39, 0.29) is 29.1 Å². The first-order valence-corrected chi connectivity index (χ1v) is 9.40. The minimum absolute atomic E-state index is 0.0458. The molecule has 164 valence electrons. The highest BCUT2D eigenvalue weighted by atomic mass is 19.4. The van der Waals surface area contributed by atoms with Gasteiger partial charge in [0.25, 0.3) is 5.76 Å². The van der Waals surface area contributed by atoms with E-state index >= 15 is 0 Å². The number of esters is 1. The maximum absolute atomic E-state index is 13.6. The van der Waals surface area contributed by atoms with Crippen LogP contribution >= 0.6 is 0 Å². The fraction of sp³-hybridized carbons (Fsp3) is 0.273. The highest BCUT2D eigenvalue weighted by Crippen LogP contribution is 2.38. The van der Waals surface area contributed by atoms with Gasteiger partial charge in [0.2, 0.25) is 11.2 Å². The van der Waals surface area contributed by atoms with Gasteiger partial charge >= 0.3 is 12.1 Å². The molecular weight excluding hydrogens is 417 g/mol. The zero-order chi connectivity index (χ0) is 22.6. The second kappa shape index (κ2) is 9.11. The first kappa shape index (κ1) is 22.2. The van der Waals surface area contributed by atoms with Gasteiger partial charge in [-0.1, -0.05) is 24.6 Å². The van der Waals surface area contributed by atoms with Gasteiger partial charge in [-0.15, -0.1) is 0 Å². The second-order valence-corrected chi connectivity index (χ2v) is 6.67. The monoisotopic (exact) mass is 436 g/mol. The number of halogens is 3. The summed E-state index contributed by atoms with van der Waals surface area (Å²) < 4.78 is 61.1. The summed E-state index contributed by atoms with van der Waals surface area (Å²) in [5, 5.41) is -0.129. The first-order chi connectivity index (χ1) is 14.7. The minimum atomic E-state index is -4.98. The Bertz CT molecular complexity index is 1130. The molecule has 0 aliphatic carbocycles. The lowest BCUT2D eigenvalue weighted by Gasteiger charge is -2.14. The molecule has 0 atom stereocenters. The highest BCUT2D eigenvalue weighted by molar-refractivity contribution is 5.80. The standard InChI is InChI=1S/C22H19F3O6/c1-3-10-28-18(26)12-29-15-8-9-16-17(11-15)31-21(22(23,24)25)20(19(16)27)30-14-6-4-13(2)5-7-14/h4-9,11H,3,10,12H2,1-2H3. The molecule has 9 heteroatoms. The molecule has 3 aromatic rings. The Morgan fingerprint density at radius 1 is 1.06 bits per heavy atom. The molecule has 0 spiro atoms. The largest absolute Gasteiger partial charge is 0.482 e. The summed E-state index contributed by atoms with van der Waals surface area (Å²) in [6.45, 7) is 3.43. The SMILES string of the molecule is CCCOC(=O)COc1ccc2c(=O)c(Oc3ccc(C)cc3)c(C(F)(F)F)oc2c1. The van der Waals surface area contributed by atoms with Crippen molar-refractivity contribution in [2.45, 2.75) is 26.4 Å². The van der Waals surface area contributed by atoms with E-state index in [1.165, 1.54) is 24.3 Å². The van der Waals surface area contributed by atoms with Crippen LogP contribution in [0.25, 0.3) is 11.0 Å². The van der Waals surface area contributed by atoms with Crippen molar-refractivity contribution in [3.05, 3.63) is 64.0 Å². The van der Waals surface area contributed by atoms with Crippen LogP contribution in [-0.4, -0.2) is 19.2 Å². The smallest absolute Gasteiger partial charge is 0.453 e. The molecule has 0 aliphatic rings. The number of hydrogen-bond donors (Lipinski definition) is 0. The first-order valence-electron chi connectivity index (χ1n) is 9.40. The van der Waals surface area contributed by atoms with Crippen molar-refractivity contribution < 1.29 is 36.6 Å². The van der Waals surface area contributed by atoms with Crippen molar-refractivity contribution in [3.8, 4) is 17.2 Å². The Morgan fingerprint density at radius 2 is 1.74 bits per heavy atom. The van der Waals surface area contributed by atoms with Crippen LogP contribution in [0.5, 0.6) is 17.2 Å². The summed E-state index contributed by atoms with van der Waals surface area (Å²) in [5.74, 6) is -3.04. The fourth-order valence-electron chi connectivity index (χ4n) is 2.65. The number of hydrogen-bond acceptors (Lipinski definition) is 6. The van der Waals surface area contributed by atoms with Crippen molar-refractivity contribution in [3.63, 3.8) is 0 Å². The summed E-state index contributed by atoms with van der Waals surface area (Å²) in [7, 11) is 0. The average molecular weight is 436 g/mol. The Hall–Kier alpha value is -3.49. The molecule has 0 radical (unpaired) electrons. The molecule has 0 unspecified atom stereocenters. The number of rotatable bonds is 7. The summed E-state index contributed by atoms with van der Waals surface area (Å²) in [6, 6.07) is 9.88. The summed E-state index contributed by atoms with van der Waals surface area (Å²) >= 11 is 0. The van der Waals surface area contributed by atoms with Gasteiger partial charge in [0, 0.05) is 6.07 Å². The van der Waals surface area contributed by atoms with Crippen LogP contribution in [-0.2, 0) is 15.7 Å². The number of alkyl halides is 3. The molecule has 6 nitrogen and oxygen atoms in total. The van der Waals surface area contributed by atoms with E-state index in [2.05, 4.69) is 0 Å². The lowest BCUT2D eigenvalue weighted by atomic mass is 10.2. The average Bonchev–Trinajstić information content (AvgIpc) is 2.73. The topological polar surface area (TPSA) is 75.0 Å². The van der Waals surface area contributed by atoms with Crippen LogP contribution in [0.1, 0.15) is 24.7 Å². The summed E-state index contributed by atoms with van der Waals surface area (Å²) in [6.07, 6.45) is -4.34. The Morgan fingerprint density at radius 3 is 2.39 bits per heavy atom.